The smallest absolute Gasteiger partial charge is 0.228 e. The fraction of sp³-hybridized carbons (Fsp3) is 0.300. The van der Waals surface area contributed by atoms with Crippen molar-refractivity contribution >= 4 is 28.6 Å². The molecule has 1 amide bonds. The van der Waals surface area contributed by atoms with Gasteiger partial charge in [0, 0.05) is 19.0 Å². The molecule has 0 radical (unpaired) electrons. The van der Waals surface area contributed by atoms with Crippen molar-refractivity contribution in [2.24, 2.45) is 0 Å². The molecule has 0 aliphatic carbocycles. The van der Waals surface area contributed by atoms with Crippen LogP contribution >= 0.6 is 22.7 Å². The van der Waals surface area contributed by atoms with Crippen molar-refractivity contribution < 1.29 is 4.79 Å². The summed E-state index contributed by atoms with van der Waals surface area (Å²) in [5, 5.41) is 5.02. The normalized spacial score (nSPS) is 11.0. The number of hydrogen-bond donors (Lipinski definition) is 0. The van der Waals surface area contributed by atoms with Gasteiger partial charge in [0.25, 0.3) is 0 Å². The van der Waals surface area contributed by atoms with Gasteiger partial charge in [-0.1, -0.05) is 44.2 Å². The number of thiophene rings is 1. The van der Waals surface area contributed by atoms with Crippen LogP contribution in [0.25, 0.3) is 9.88 Å². The van der Waals surface area contributed by atoms with Crippen molar-refractivity contribution in [3.05, 3.63) is 64.0 Å². The highest BCUT2D eigenvalue weighted by Gasteiger charge is 2.13. The number of thiazole rings is 1. The first-order chi connectivity index (χ1) is 12.0. The lowest BCUT2D eigenvalue weighted by molar-refractivity contribution is -0.129. The third-order valence-corrected chi connectivity index (χ3v) is 6.04. The first-order valence-corrected chi connectivity index (χ1v) is 10.1. The predicted octanol–water partition coefficient (Wildman–Crippen LogP) is 5.20. The maximum atomic E-state index is 12.5. The number of aromatic nitrogens is 1. The van der Waals surface area contributed by atoms with Gasteiger partial charge in [-0.15, -0.1) is 22.7 Å². The Morgan fingerprint density at radius 3 is 2.56 bits per heavy atom. The Bertz CT molecular complexity index is 820. The summed E-state index contributed by atoms with van der Waals surface area (Å²) in [6.07, 6.45) is 0.350. The molecular formula is C20H22N2OS2. The zero-order valence-electron chi connectivity index (χ0n) is 14.7. The Morgan fingerprint density at radius 2 is 1.92 bits per heavy atom. The zero-order valence-corrected chi connectivity index (χ0v) is 16.4. The van der Waals surface area contributed by atoms with Crippen LogP contribution in [0.4, 0.5) is 0 Å². The quantitative estimate of drug-likeness (QED) is 0.598. The molecular weight excluding hydrogens is 348 g/mol. The Hall–Kier alpha value is -1.98. The molecule has 0 saturated carbocycles. The Labute approximate surface area is 157 Å². The van der Waals surface area contributed by atoms with Crippen LogP contribution in [0.5, 0.6) is 0 Å². The van der Waals surface area contributed by atoms with Gasteiger partial charge < -0.3 is 4.90 Å². The third-order valence-electron chi connectivity index (χ3n) is 4.11. The molecule has 0 N–H and O–H groups in total. The Morgan fingerprint density at radius 1 is 1.16 bits per heavy atom. The molecule has 0 atom stereocenters. The van der Waals surface area contributed by atoms with Crippen molar-refractivity contribution in [3.8, 4) is 9.88 Å². The van der Waals surface area contributed by atoms with E-state index in [0.29, 0.717) is 18.9 Å². The van der Waals surface area contributed by atoms with Gasteiger partial charge in [-0.2, -0.15) is 0 Å². The van der Waals surface area contributed by atoms with Gasteiger partial charge in [0.1, 0.15) is 5.01 Å². The minimum atomic E-state index is 0.0935. The summed E-state index contributed by atoms with van der Waals surface area (Å²) < 4.78 is 0. The van der Waals surface area contributed by atoms with Crippen molar-refractivity contribution in [1.29, 1.82) is 0 Å². The van der Waals surface area contributed by atoms with Crippen LogP contribution in [0.2, 0.25) is 0 Å². The van der Waals surface area contributed by atoms with Crippen LogP contribution in [0, 0.1) is 0 Å². The van der Waals surface area contributed by atoms with E-state index in [1.807, 2.05) is 23.9 Å². The monoisotopic (exact) mass is 370 g/mol. The maximum Gasteiger partial charge on any atom is 0.228 e. The van der Waals surface area contributed by atoms with Crippen LogP contribution in [0.15, 0.2) is 47.2 Å². The van der Waals surface area contributed by atoms with Gasteiger partial charge >= 0.3 is 0 Å². The molecule has 0 fully saturated rings. The molecule has 2 aromatic heterocycles. The first kappa shape index (κ1) is 17.8. The van der Waals surface area contributed by atoms with Gasteiger partial charge in [-0.05, 0) is 28.5 Å². The van der Waals surface area contributed by atoms with Gasteiger partial charge in [0.2, 0.25) is 5.91 Å². The molecule has 5 heteroatoms. The number of carbonyl (C=O) groups excluding carboxylic acids is 1. The summed E-state index contributed by atoms with van der Waals surface area (Å²) in [6, 6.07) is 12.6. The minimum absolute atomic E-state index is 0.0935. The Balaban J connectivity index is 1.59. The zero-order chi connectivity index (χ0) is 17.8. The molecule has 3 aromatic rings. The van der Waals surface area contributed by atoms with Crippen LogP contribution in [-0.4, -0.2) is 22.8 Å². The molecule has 0 unspecified atom stereocenters. The number of rotatable bonds is 6. The summed E-state index contributed by atoms with van der Waals surface area (Å²) in [6.45, 7) is 4.99. The number of likely N-dealkylation sites (N-methyl/N-ethyl adjacent to an activating group) is 1. The number of benzene rings is 1. The van der Waals surface area contributed by atoms with Crippen molar-refractivity contribution in [2.75, 3.05) is 7.05 Å². The van der Waals surface area contributed by atoms with E-state index in [9.17, 15) is 4.79 Å². The minimum Gasteiger partial charge on any atom is -0.341 e. The summed E-state index contributed by atoms with van der Waals surface area (Å²) in [7, 11) is 1.85. The van der Waals surface area contributed by atoms with E-state index in [-0.39, 0.29) is 5.91 Å². The van der Waals surface area contributed by atoms with E-state index in [1.165, 1.54) is 5.56 Å². The molecule has 3 nitrogen and oxygen atoms in total. The highest BCUT2D eigenvalue weighted by molar-refractivity contribution is 7.20. The van der Waals surface area contributed by atoms with E-state index in [4.69, 9.17) is 0 Å². The lowest BCUT2D eigenvalue weighted by Gasteiger charge is -2.17. The lowest BCUT2D eigenvalue weighted by atomic mass is 10.0. The highest BCUT2D eigenvalue weighted by Crippen LogP contribution is 2.28. The number of hydrogen-bond acceptors (Lipinski definition) is 4. The molecule has 0 bridgehead atoms. The molecule has 2 heterocycles. The lowest BCUT2D eigenvalue weighted by Crippen LogP contribution is -2.27. The number of carbonyl (C=O) groups is 1. The summed E-state index contributed by atoms with van der Waals surface area (Å²) in [5.41, 5.74) is 3.32. The van der Waals surface area contributed by atoms with E-state index in [2.05, 4.69) is 49.2 Å². The van der Waals surface area contributed by atoms with Crippen molar-refractivity contribution in [2.45, 2.75) is 32.7 Å². The summed E-state index contributed by atoms with van der Waals surface area (Å²) in [5.74, 6) is 0.617. The summed E-state index contributed by atoms with van der Waals surface area (Å²) in [4.78, 5) is 20.0. The average molecular weight is 371 g/mol. The van der Waals surface area contributed by atoms with Gasteiger partial charge in [-0.3, -0.25) is 4.79 Å². The third kappa shape index (κ3) is 4.55. The molecule has 25 heavy (non-hydrogen) atoms. The second-order valence-corrected chi connectivity index (χ2v) is 8.25. The van der Waals surface area contributed by atoms with Crippen LogP contribution < -0.4 is 0 Å². The molecule has 0 aliphatic rings. The van der Waals surface area contributed by atoms with Crippen molar-refractivity contribution in [1.82, 2.24) is 9.88 Å². The average Bonchev–Trinajstić information content (AvgIpc) is 3.26. The van der Waals surface area contributed by atoms with Gasteiger partial charge in [0.05, 0.1) is 17.0 Å². The van der Waals surface area contributed by atoms with Crippen molar-refractivity contribution in [3.63, 3.8) is 0 Å². The Kier molecular flexibility index (Phi) is 5.66. The van der Waals surface area contributed by atoms with Gasteiger partial charge in [-0.25, -0.2) is 4.98 Å². The topological polar surface area (TPSA) is 33.2 Å². The van der Waals surface area contributed by atoms with Crippen LogP contribution in [0.1, 0.15) is 36.6 Å². The summed E-state index contributed by atoms with van der Waals surface area (Å²) >= 11 is 3.27. The second kappa shape index (κ2) is 7.93. The van der Waals surface area contributed by atoms with E-state index in [1.54, 1.807) is 27.6 Å². The molecule has 1 aromatic carbocycles. The van der Waals surface area contributed by atoms with Crippen LogP contribution in [-0.2, 0) is 17.8 Å². The fourth-order valence-corrected chi connectivity index (χ4v) is 4.20. The molecule has 130 valence electrons. The molecule has 3 rings (SSSR count). The van der Waals surface area contributed by atoms with E-state index < -0.39 is 0 Å². The van der Waals surface area contributed by atoms with Gasteiger partial charge in [0.15, 0.2) is 0 Å². The maximum absolute atomic E-state index is 12.5. The highest BCUT2D eigenvalue weighted by atomic mass is 32.1. The number of nitrogens with zero attached hydrogens (tertiary/aromatic N) is 2. The molecule has 0 aliphatic heterocycles. The fourth-order valence-electron chi connectivity index (χ4n) is 2.56. The molecule has 0 spiro atoms. The second-order valence-electron chi connectivity index (χ2n) is 6.44. The largest absolute Gasteiger partial charge is 0.341 e. The van der Waals surface area contributed by atoms with Crippen LogP contribution in [0.3, 0.4) is 0 Å². The molecule has 0 saturated heterocycles. The first-order valence-electron chi connectivity index (χ1n) is 8.34. The van der Waals surface area contributed by atoms with E-state index in [0.717, 1.165) is 21.1 Å². The SMILES string of the molecule is CC(C)c1ccc(CN(C)C(=O)Cc2csc(-c3cccs3)n2)cc1. The number of amides is 1. The van der Waals surface area contributed by atoms with E-state index >= 15 is 0 Å². The predicted molar refractivity (Wildman–Crippen MR) is 106 cm³/mol. The standard InChI is InChI=1S/C20H22N2OS2/c1-14(2)16-8-6-15(7-9-16)12-22(3)19(23)11-17-13-25-20(21-17)18-5-4-10-24-18/h4-10,13-14H,11-12H2,1-3H3.